The van der Waals surface area contributed by atoms with Crippen molar-refractivity contribution in [2.45, 2.75) is 40.3 Å². The molecule has 1 aromatic carbocycles. The van der Waals surface area contributed by atoms with E-state index in [1.165, 1.54) is 11.1 Å². The lowest BCUT2D eigenvalue weighted by Crippen LogP contribution is -2.21. The van der Waals surface area contributed by atoms with Gasteiger partial charge < -0.3 is 14.5 Å². The van der Waals surface area contributed by atoms with E-state index < -0.39 is 0 Å². The molecule has 0 bridgehead atoms. The number of oxazole rings is 1. The van der Waals surface area contributed by atoms with Gasteiger partial charge in [0.2, 0.25) is 0 Å². The number of aromatic nitrogens is 1. The van der Waals surface area contributed by atoms with Crippen molar-refractivity contribution in [3.05, 3.63) is 41.3 Å². The van der Waals surface area contributed by atoms with Crippen LogP contribution in [-0.2, 0) is 6.54 Å². The molecule has 0 saturated heterocycles. The van der Waals surface area contributed by atoms with E-state index in [1.54, 1.807) is 6.26 Å². The highest BCUT2D eigenvalue weighted by Gasteiger charge is 2.07. The van der Waals surface area contributed by atoms with E-state index in [4.69, 9.17) is 9.15 Å². The van der Waals surface area contributed by atoms with Crippen LogP contribution < -0.4 is 10.1 Å². The van der Waals surface area contributed by atoms with Gasteiger partial charge in [-0.1, -0.05) is 19.9 Å². The predicted octanol–water partition coefficient (Wildman–Crippen LogP) is 3.58. The molecule has 2 rings (SSSR count). The zero-order valence-electron chi connectivity index (χ0n) is 11.9. The molecule has 4 nitrogen and oxygen atoms in total. The van der Waals surface area contributed by atoms with Crippen molar-refractivity contribution >= 4 is 0 Å². The number of rotatable bonds is 5. The summed E-state index contributed by atoms with van der Waals surface area (Å²) in [5.41, 5.74) is 3.26. The fraction of sp³-hybridized carbons (Fsp3) is 0.400. The third-order valence-electron chi connectivity index (χ3n) is 2.91. The van der Waals surface area contributed by atoms with Crippen LogP contribution in [0.2, 0.25) is 0 Å². The fourth-order valence-electron chi connectivity index (χ4n) is 1.60. The van der Waals surface area contributed by atoms with Crippen LogP contribution in [0.15, 0.2) is 28.9 Å². The normalized spacial score (nSPS) is 11.0. The second-order valence-corrected chi connectivity index (χ2v) is 4.99. The summed E-state index contributed by atoms with van der Waals surface area (Å²) >= 11 is 0. The van der Waals surface area contributed by atoms with Crippen LogP contribution in [-0.4, -0.2) is 11.0 Å². The topological polar surface area (TPSA) is 47.3 Å². The predicted molar refractivity (Wildman–Crippen MR) is 74.5 cm³/mol. The Labute approximate surface area is 113 Å². The summed E-state index contributed by atoms with van der Waals surface area (Å²) in [6, 6.07) is 6.33. The van der Waals surface area contributed by atoms with E-state index >= 15 is 0 Å². The van der Waals surface area contributed by atoms with Gasteiger partial charge in [-0.3, -0.25) is 0 Å². The van der Waals surface area contributed by atoms with Gasteiger partial charge in [0.25, 0.3) is 0 Å². The second-order valence-electron chi connectivity index (χ2n) is 4.99. The number of hydrogen-bond acceptors (Lipinski definition) is 4. The molecular weight excluding hydrogens is 240 g/mol. The highest BCUT2D eigenvalue weighted by Crippen LogP contribution is 2.23. The molecule has 0 atom stereocenters. The lowest BCUT2D eigenvalue weighted by atomic mass is 10.1. The maximum absolute atomic E-state index is 5.60. The lowest BCUT2D eigenvalue weighted by Gasteiger charge is -2.04. The quantitative estimate of drug-likeness (QED) is 0.892. The molecule has 0 unspecified atom stereocenters. The lowest BCUT2D eigenvalue weighted by molar-refractivity contribution is 0.330. The number of nitrogens with one attached hydrogen (secondary N) is 1. The van der Waals surface area contributed by atoms with Gasteiger partial charge in [-0.25, -0.2) is 0 Å². The Morgan fingerprint density at radius 2 is 2.05 bits per heavy atom. The first kappa shape index (κ1) is 13.6. The Balaban J connectivity index is 2.01. The van der Waals surface area contributed by atoms with Crippen LogP contribution in [0.1, 0.15) is 30.7 Å². The van der Waals surface area contributed by atoms with E-state index in [-0.39, 0.29) is 6.08 Å². The first-order chi connectivity index (χ1) is 9.04. The average molecular weight is 260 g/mol. The standard InChI is InChI=1S/C15H20N2O2/c1-10(2)16-8-13-9-18-15(17-13)19-14-6-5-11(3)12(4)7-14/h5-7,9-10,16H,8H2,1-4H3. The van der Waals surface area contributed by atoms with E-state index in [2.05, 4.69) is 38.0 Å². The highest BCUT2D eigenvalue weighted by atomic mass is 16.6. The smallest absolute Gasteiger partial charge is 0.399 e. The van der Waals surface area contributed by atoms with Crippen molar-refractivity contribution in [3.63, 3.8) is 0 Å². The van der Waals surface area contributed by atoms with Gasteiger partial charge in [0.15, 0.2) is 0 Å². The molecule has 0 saturated carbocycles. The third-order valence-corrected chi connectivity index (χ3v) is 2.91. The minimum Gasteiger partial charge on any atom is -0.417 e. The molecule has 0 aliphatic rings. The van der Waals surface area contributed by atoms with Gasteiger partial charge in [0.1, 0.15) is 12.0 Å². The van der Waals surface area contributed by atoms with Gasteiger partial charge >= 0.3 is 6.08 Å². The van der Waals surface area contributed by atoms with Crippen molar-refractivity contribution in [2.75, 3.05) is 0 Å². The van der Waals surface area contributed by atoms with Gasteiger partial charge in [-0.2, -0.15) is 4.98 Å². The van der Waals surface area contributed by atoms with Crippen molar-refractivity contribution in [1.82, 2.24) is 10.3 Å². The molecule has 19 heavy (non-hydrogen) atoms. The molecule has 102 valence electrons. The van der Waals surface area contributed by atoms with Gasteiger partial charge in [0.05, 0.1) is 5.69 Å². The van der Waals surface area contributed by atoms with Crippen molar-refractivity contribution in [1.29, 1.82) is 0 Å². The molecule has 2 aromatic rings. The van der Waals surface area contributed by atoms with Crippen LogP contribution >= 0.6 is 0 Å². The minimum absolute atomic E-state index is 0.281. The number of aryl methyl sites for hydroxylation is 2. The van der Waals surface area contributed by atoms with E-state index in [0.717, 1.165) is 11.4 Å². The molecule has 0 spiro atoms. The van der Waals surface area contributed by atoms with Crippen molar-refractivity contribution in [3.8, 4) is 11.8 Å². The Kier molecular flexibility index (Phi) is 4.22. The van der Waals surface area contributed by atoms with Crippen LogP contribution in [0.3, 0.4) is 0 Å². The largest absolute Gasteiger partial charge is 0.417 e. The number of benzene rings is 1. The molecule has 0 radical (unpaired) electrons. The van der Waals surface area contributed by atoms with Crippen LogP contribution in [0, 0.1) is 13.8 Å². The molecule has 0 aliphatic heterocycles. The summed E-state index contributed by atoms with van der Waals surface area (Å²) < 4.78 is 10.9. The van der Waals surface area contributed by atoms with Crippen LogP contribution in [0.25, 0.3) is 0 Å². The Morgan fingerprint density at radius 3 is 2.74 bits per heavy atom. The molecular formula is C15H20N2O2. The third kappa shape index (κ3) is 3.83. The SMILES string of the molecule is Cc1ccc(Oc2nc(CNC(C)C)co2)cc1C. The van der Waals surface area contributed by atoms with E-state index in [9.17, 15) is 0 Å². The number of nitrogens with zero attached hydrogens (tertiary/aromatic N) is 1. The Bertz CT molecular complexity index is 547. The van der Waals surface area contributed by atoms with Gasteiger partial charge in [0, 0.05) is 12.6 Å². The summed E-state index contributed by atoms with van der Waals surface area (Å²) in [5, 5.41) is 3.28. The molecule has 4 heteroatoms. The minimum atomic E-state index is 0.281. The molecule has 0 fully saturated rings. The Hall–Kier alpha value is -1.81. The number of ether oxygens (including phenoxy) is 1. The second kappa shape index (κ2) is 5.89. The maximum atomic E-state index is 5.60. The van der Waals surface area contributed by atoms with E-state index in [1.807, 2.05) is 18.2 Å². The number of hydrogen-bond donors (Lipinski definition) is 1. The molecule has 1 aromatic heterocycles. The van der Waals surface area contributed by atoms with Crippen molar-refractivity contribution in [2.24, 2.45) is 0 Å². The summed E-state index contributed by atoms with van der Waals surface area (Å²) in [5.74, 6) is 0.744. The van der Waals surface area contributed by atoms with Crippen LogP contribution in [0.4, 0.5) is 0 Å². The summed E-state index contributed by atoms with van der Waals surface area (Å²) in [6.07, 6.45) is 1.90. The van der Waals surface area contributed by atoms with E-state index in [0.29, 0.717) is 12.6 Å². The summed E-state index contributed by atoms with van der Waals surface area (Å²) in [4.78, 5) is 4.28. The molecule has 1 N–H and O–H groups in total. The average Bonchev–Trinajstić information content (AvgIpc) is 2.79. The first-order valence-electron chi connectivity index (χ1n) is 6.47. The monoisotopic (exact) mass is 260 g/mol. The fourth-order valence-corrected chi connectivity index (χ4v) is 1.60. The maximum Gasteiger partial charge on any atom is 0.399 e. The highest BCUT2D eigenvalue weighted by molar-refractivity contribution is 5.34. The van der Waals surface area contributed by atoms with Gasteiger partial charge in [-0.15, -0.1) is 0 Å². The first-order valence-corrected chi connectivity index (χ1v) is 6.47. The zero-order chi connectivity index (χ0) is 13.8. The van der Waals surface area contributed by atoms with Crippen molar-refractivity contribution < 1.29 is 9.15 Å². The summed E-state index contributed by atoms with van der Waals surface area (Å²) in [6.45, 7) is 8.98. The zero-order valence-corrected chi connectivity index (χ0v) is 11.9. The summed E-state index contributed by atoms with van der Waals surface area (Å²) in [7, 11) is 0. The Morgan fingerprint density at radius 1 is 1.26 bits per heavy atom. The molecule has 0 amide bonds. The van der Waals surface area contributed by atoms with Gasteiger partial charge in [-0.05, 0) is 37.1 Å². The molecule has 0 aliphatic carbocycles. The molecule has 1 heterocycles. The van der Waals surface area contributed by atoms with Crippen LogP contribution in [0.5, 0.6) is 11.8 Å².